The maximum atomic E-state index is 10.9. The molecule has 1 N–H and O–H groups in total. The zero-order chi connectivity index (χ0) is 18.1. The molecule has 5 heteroatoms. The van der Waals surface area contributed by atoms with E-state index in [-0.39, 0.29) is 6.10 Å². The molecule has 1 unspecified atom stereocenters. The molecule has 0 aliphatic rings. The highest BCUT2D eigenvalue weighted by molar-refractivity contribution is 7.80. The van der Waals surface area contributed by atoms with Crippen LogP contribution in [0.25, 0.3) is 0 Å². The Kier molecular flexibility index (Phi) is 16.3. The quantitative estimate of drug-likeness (QED) is 0.224. The highest BCUT2D eigenvalue weighted by Crippen LogP contribution is 2.17. The van der Waals surface area contributed by atoms with Gasteiger partial charge in [-0.3, -0.25) is 4.55 Å². The predicted octanol–water partition coefficient (Wildman–Crippen LogP) is 6.46. The number of unbranched alkanes of at least 4 members (excludes halogenated alkanes) is 12. The SMILES string of the molecule is CCCCCCCCCCCCCC(CCCCC)OS(=O)(=O)O. The fraction of sp³-hybridized carbons (Fsp3) is 1.00. The molecule has 0 aliphatic carbocycles. The minimum absolute atomic E-state index is 0.356. The number of hydrogen-bond acceptors (Lipinski definition) is 3. The Hall–Kier alpha value is -0.130. The molecule has 1 atom stereocenters. The molecule has 4 nitrogen and oxygen atoms in total. The second-order valence-electron chi connectivity index (χ2n) is 6.97. The number of rotatable bonds is 18. The van der Waals surface area contributed by atoms with Crippen LogP contribution < -0.4 is 0 Å². The van der Waals surface area contributed by atoms with Gasteiger partial charge in [0.1, 0.15) is 0 Å². The third-order valence-electron chi connectivity index (χ3n) is 4.52. The Balaban J connectivity index is 3.61. The minimum Gasteiger partial charge on any atom is -0.264 e. The van der Waals surface area contributed by atoms with Crippen molar-refractivity contribution in [2.24, 2.45) is 0 Å². The Labute approximate surface area is 150 Å². The summed E-state index contributed by atoms with van der Waals surface area (Å²) in [5.74, 6) is 0. The van der Waals surface area contributed by atoms with Gasteiger partial charge in [0.25, 0.3) is 0 Å². The zero-order valence-corrected chi connectivity index (χ0v) is 16.8. The molecule has 0 aromatic rings. The summed E-state index contributed by atoms with van der Waals surface area (Å²) in [5, 5.41) is 0. The van der Waals surface area contributed by atoms with E-state index >= 15 is 0 Å². The van der Waals surface area contributed by atoms with Crippen LogP contribution in [-0.4, -0.2) is 19.1 Å². The van der Waals surface area contributed by atoms with Gasteiger partial charge in [0.15, 0.2) is 0 Å². The lowest BCUT2D eigenvalue weighted by molar-refractivity contribution is 0.157. The van der Waals surface area contributed by atoms with Gasteiger partial charge in [-0.1, -0.05) is 104 Å². The zero-order valence-electron chi connectivity index (χ0n) is 16.0. The molecule has 0 aliphatic heterocycles. The molecule has 0 aromatic heterocycles. The van der Waals surface area contributed by atoms with Crippen molar-refractivity contribution in [3.05, 3.63) is 0 Å². The monoisotopic (exact) mass is 364 g/mol. The summed E-state index contributed by atoms with van der Waals surface area (Å²) < 4.78 is 35.5. The third kappa shape index (κ3) is 18.2. The van der Waals surface area contributed by atoms with Crippen LogP contribution in [0.2, 0.25) is 0 Å². The number of hydrogen-bond donors (Lipinski definition) is 1. The van der Waals surface area contributed by atoms with Crippen LogP contribution in [0.3, 0.4) is 0 Å². The Morgan fingerprint density at radius 3 is 1.42 bits per heavy atom. The van der Waals surface area contributed by atoms with Crippen LogP contribution in [0.5, 0.6) is 0 Å². The molecule has 0 rings (SSSR count). The fourth-order valence-electron chi connectivity index (χ4n) is 3.07. The van der Waals surface area contributed by atoms with E-state index in [1.807, 2.05) is 0 Å². The van der Waals surface area contributed by atoms with Crippen molar-refractivity contribution in [1.29, 1.82) is 0 Å². The summed E-state index contributed by atoms with van der Waals surface area (Å²) in [6.45, 7) is 4.36. The first-order chi connectivity index (χ1) is 11.5. The average Bonchev–Trinajstić information content (AvgIpc) is 2.51. The maximum Gasteiger partial charge on any atom is 0.397 e. The molecule has 0 aromatic carbocycles. The molecule has 0 fully saturated rings. The summed E-state index contributed by atoms with van der Waals surface area (Å²) >= 11 is 0. The summed E-state index contributed by atoms with van der Waals surface area (Å²) in [6.07, 6.45) is 18.2. The molecule has 0 radical (unpaired) electrons. The van der Waals surface area contributed by atoms with Gasteiger partial charge in [0, 0.05) is 0 Å². The Morgan fingerprint density at radius 1 is 0.667 bits per heavy atom. The van der Waals surface area contributed by atoms with Gasteiger partial charge >= 0.3 is 10.4 Å². The van der Waals surface area contributed by atoms with E-state index < -0.39 is 10.4 Å². The summed E-state index contributed by atoms with van der Waals surface area (Å²) in [4.78, 5) is 0. The molecular weight excluding hydrogens is 324 g/mol. The van der Waals surface area contributed by atoms with Crippen molar-refractivity contribution in [1.82, 2.24) is 0 Å². The standard InChI is InChI=1S/C19H40O4S/c1-3-5-7-8-9-10-11-12-13-14-16-18-19(17-15-6-4-2)23-24(20,21)22/h19H,3-18H2,1-2H3,(H,20,21,22). The lowest BCUT2D eigenvalue weighted by Crippen LogP contribution is -2.18. The van der Waals surface area contributed by atoms with E-state index in [0.717, 1.165) is 38.5 Å². The summed E-state index contributed by atoms with van der Waals surface area (Å²) in [5.41, 5.74) is 0. The summed E-state index contributed by atoms with van der Waals surface area (Å²) in [7, 11) is -4.32. The van der Waals surface area contributed by atoms with Gasteiger partial charge in [0.05, 0.1) is 6.10 Å². The van der Waals surface area contributed by atoms with E-state index in [4.69, 9.17) is 8.74 Å². The van der Waals surface area contributed by atoms with E-state index in [1.54, 1.807) is 0 Å². The minimum atomic E-state index is -4.32. The molecule has 0 saturated carbocycles. The van der Waals surface area contributed by atoms with Crippen molar-refractivity contribution in [3.63, 3.8) is 0 Å². The van der Waals surface area contributed by atoms with Gasteiger partial charge in [-0.2, -0.15) is 8.42 Å². The van der Waals surface area contributed by atoms with Crippen molar-refractivity contribution in [2.75, 3.05) is 0 Å². The highest BCUT2D eigenvalue weighted by atomic mass is 32.3. The fourth-order valence-corrected chi connectivity index (χ4v) is 3.61. The highest BCUT2D eigenvalue weighted by Gasteiger charge is 2.16. The van der Waals surface area contributed by atoms with E-state index in [1.165, 1.54) is 57.8 Å². The van der Waals surface area contributed by atoms with Crippen LogP contribution >= 0.6 is 0 Å². The average molecular weight is 365 g/mol. The first kappa shape index (κ1) is 23.9. The molecule has 0 amide bonds. The van der Waals surface area contributed by atoms with Gasteiger partial charge in [-0.15, -0.1) is 0 Å². The Bertz CT molecular complexity index is 354. The summed E-state index contributed by atoms with van der Waals surface area (Å²) in [6, 6.07) is 0. The maximum absolute atomic E-state index is 10.9. The lowest BCUT2D eigenvalue weighted by atomic mass is 10.0. The van der Waals surface area contributed by atoms with Crippen LogP contribution in [0, 0.1) is 0 Å². The lowest BCUT2D eigenvalue weighted by Gasteiger charge is -2.15. The van der Waals surface area contributed by atoms with Gasteiger partial charge in [-0.25, -0.2) is 4.18 Å². The van der Waals surface area contributed by atoms with Crippen molar-refractivity contribution >= 4 is 10.4 Å². The second-order valence-corrected chi connectivity index (χ2v) is 8.01. The first-order valence-electron chi connectivity index (χ1n) is 10.1. The van der Waals surface area contributed by atoms with Crippen LogP contribution in [-0.2, 0) is 14.6 Å². The van der Waals surface area contributed by atoms with Gasteiger partial charge in [-0.05, 0) is 12.8 Å². The normalized spacial score (nSPS) is 13.3. The van der Waals surface area contributed by atoms with E-state index in [2.05, 4.69) is 13.8 Å². The van der Waals surface area contributed by atoms with Crippen LogP contribution in [0.15, 0.2) is 0 Å². The predicted molar refractivity (Wildman–Crippen MR) is 102 cm³/mol. The smallest absolute Gasteiger partial charge is 0.264 e. The third-order valence-corrected chi connectivity index (χ3v) is 5.03. The molecule has 0 saturated heterocycles. The molecular formula is C19H40O4S. The van der Waals surface area contributed by atoms with Gasteiger partial charge < -0.3 is 0 Å². The van der Waals surface area contributed by atoms with Crippen molar-refractivity contribution in [2.45, 2.75) is 123 Å². The topological polar surface area (TPSA) is 63.6 Å². The van der Waals surface area contributed by atoms with Crippen molar-refractivity contribution in [3.8, 4) is 0 Å². The van der Waals surface area contributed by atoms with Gasteiger partial charge in [0.2, 0.25) is 0 Å². The Morgan fingerprint density at radius 2 is 1.00 bits per heavy atom. The van der Waals surface area contributed by atoms with Crippen LogP contribution in [0.4, 0.5) is 0 Å². The molecule has 24 heavy (non-hydrogen) atoms. The largest absolute Gasteiger partial charge is 0.397 e. The van der Waals surface area contributed by atoms with E-state index in [0.29, 0.717) is 6.42 Å². The first-order valence-corrected chi connectivity index (χ1v) is 11.5. The molecule has 0 spiro atoms. The molecule has 0 heterocycles. The second kappa shape index (κ2) is 16.3. The van der Waals surface area contributed by atoms with E-state index in [9.17, 15) is 8.42 Å². The molecule has 0 bridgehead atoms. The van der Waals surface area contributed by atoms with Crippen LogP contribution in [0.1, 0.15) is 117 Å². The van der Waals surface area contributed by atoms with Crippen molar-refractivity contribution < 1.29 is 17.2 Å². The molecule has 146 valence electrons.